The Bertz CT molecular complexity index is 859. The number of nitrogens with zero attached hydrogens (tertiary/aromatic N) is 2. The lowest BCUT2D eigenvalue weighted by atomic mass is 10.2. The van der Waals surface area contributed by atoms with Crippen LogP contribution in [0.5, 0.6) is 0 Å². The number of sulfonamides is 1. The fourth-order valence-electron chi connectivity index (χ4n) is 3.09. The van der Waals surface area contributed by atoms with Crippen LogP contribution in [-0.4, -0.2) is 51.9 Å². The summed E-state index contributed by atoms with van der Waals surface area (Å²) < 4.78 is 26.9. The number of hydrogen-bond acceptors (Lipinski definition) is 4. The number of carbonyl (C=O) groups is 1. The molecule has 1 aliphatic heterocycles. The van der Waals surface area contributed by atoms with Crippen molar-refractivity contribution >= 4 is 21.6 Å². The molecule has 3 rings (SSSR count). The zero-order valence-corrected chi connectivity index (χ0v) is 16.3. The Morgan fingerprint density at radius 3 is 2.22 bits per heavy atom. The zero-order chi connectivity index (χ0) is 19.3. The first-order valence-electron chi connectivity index (χ1n) is 9.04. The van der Waals surface area contributed by atoms with Crippen molar-refractivity contribution in [2.75, 3.05) is 37.6 Å². The molecule has 27 heavy (non-hydrogen) atoms. The van der Waals surface area contributed by atoms with Crippen molar-refractivity contribution in [2.24, 2.45) is 0 Å². The molecule has 1 heterocycles. The summed E-state index contributed by atoms with van der Waals surface area (Å²) in [6.07, 6.45) is 0. The number of nitrogens with one attached hydrogen (secondary N) is 1. The van der Waals surface area contributed by atoms with E-state index in [9.17, 15) is 13.2 Å². The molecule has 2 aromatic rings. The van der Waals surface area contributed by atoms with E-state index in [0.29, 0.717) is 18.7 Å². The molecule has 7 heteroatoms. The van der Waals surface area contributed by atoms with Crippen LogP contribution in [0.3, 0.4) is 0 Å². The van der Waals surface area contributed by atoms with E-state index in [1.165, 1.54) is 0 Å². The van der Waals surface area contributed by atoms with Gasteiger partial charge in [-0.1, -0.05) is 48.0 Å². The molecule has 0 aliphatic carbocycles. The summed E-state index contributed by atoms with van der Waals surface area (Å²) in [6.45, 7) is 4.42. The first kappa shape index (κ1) is 19.4. The van der Waals surface area contributed by atoms with E-state index in [4.69, 9.17) is 0 Å². The average Bonchev–Trinajstić information content (AvgIpc) is 2.69. The minimum atomic E-state index is -3.54. The third-order valence-corrected chi connectivity index (χ3v) is 5.97. The number of amides is 1. The van der Waals surface area contributed by atoms with Gasteiger partial charge in [0.25, 0.3) is 0 Å². The molecule has 1 amide bonds. The lowest BCUT2D eigenvalue weighted by Crippen LogP contribution is -2.51. The smallest absolute Gasteiger partial charge is 0.237 e. The maximum Gasteiger partial charge on any atom is 0.237 e. The summed E-state index contributed by atoms with van der Waals surface area (Å²) >= 11 is 0. The van der Waals surface area contributed by atoms with E-state index < -0.39 is 10.0 Å². The Labute approximate surface area is 160 Å². The summed E-state index contributed by atoms with van der Waals surface area (Å²) in [5.41, 5.74) is 2.93. The van der Waals surface area contributed by atoms with Crippen LogP contribution in [0.1, 0.15) is 11.1 Å². The molecule has 0 radical (unpaired) electrons. The summed E-state index contributed by atoms with van der Waals surface area (Å²) in [4.78, 5) is 16.3. The van der Waals surface area contributed by atoms with E-state index in [0.717, 1.165) is 24.3 Å². The average molecular weight is 388 g/mol. The number of carbonyl (C=O) groups excluding carboxylic acids is 1. The molecule has 2 aromatic carbocycles. The van der Waals surface area contributed by atoms with Gasteiger partial charge in [0.15, 0.2) is 0 Å². The van der Waals surface area contributed by atoms with E-state index in [1.807, 2.05) is 37.3 Å². The Kier molecular flexibility index (Phi) is 6.13. The standard InChI is InChI=1S/C20H25N3O3S/c1-17-7-9-18(10-8-17)16-27(25,26)21-15-20(24)23-13-11-22(12-14-23)19-5-3-2-4-6-19/h2-10,21H,11-16H2,1H3. The molecule has 1 N–H and O–H groups in total. The summed E-state index contributed by atoms with van der Waals surface area (Å²) in [5.74, 6) is -0.308. The van der Waals surface area contributed by atoms with Crippen molar-refractivity contribution in [3.63, 3.8) is 0 Å². The molecule has 0 aromatic heterocycles. The van der Waals surface area contributed by atoms with E-state index in [1.54, 1.807) is 17.0 Å². The number of hydrogen-bond donors (Lipinski definition) is 1. The normalized spacial score (nSPS) is 15.0. The van der Waals surface area contributed by atoms with Crippen LogP contribution in [0.15, 0.2) is 54.6 Å². The van der Waals surface area contributed by atoms with Gasteiger partial charge in [0.2, 0.25) is 15.9 Å². The minimum Gasteiger partial charge on any atom is -0.368 e. The molecule has 0 atom stereocenters. The molecule has 0 saturated carbocycles. The molecular weight excluding hydrogens is 362 g/mol. The monoisotopic (exact) mass is 387 g/mol. The van der Waals surface area contributed by atoms with Crippen LogP contribution in [0.25, 0.3) is 0 Å². The lowest BCUT2D eigenvalue weighted by molar-refractivity contribution is -0.130. The Morgan fingerprint density at radius 2 is 1.59 bits per heavy atom. The van der Waals surface area contributed by atoms with Crippen LogP contribution in [0.2, 0.25) is 0 Å². The van der Waals surface area contributed by atoms with Gasteiger partial charge in [-0.2, -0.15) is 0 Å². The predicted octanol–water partition coefficient (Wildman–Crippen LogP) is 1.76. The van der Waals surface area contributed by atoms with Gasteiger partial charge < -0.3 is 9.80 Å². The number of aryl methyl sites for hydroxylation is 1. The van der Waals surface area contributed by atoms with Crippen molar-refractivity contribution in [1.29, 1.82) is 0 Å². The highest BCUT2D eigenvalue weighted by molar-refractivity contribution is 7.88. The molecule has 6 nitrogen and oxygen atoms in total. The number of piperazine rings is 1. The van der Waals surface area contributed by atoms with Crippen molar-refractivity contribution in [3.05, 3.63) is 65.7 Å². The Hall–Kier alpha value is -2.38. The summed E-state index contributed by atoms with van der Waals surface area (Å²) in [5, 5.41) is 0. The topological polar surface area (TPSA) is 69.7 Å². The first-order chi connectivity index (χ1) is 12.9. The fourth-order valence-corrected chi connectivity index (χ4v) is 4.17. The minimum absolute atomic E-state index is 0.123. The number of benzene rings is 2. The highest BCUT2D eigenvalue weighted by atomic mass is 32.2. The predicted molar refractivity (Wildman–Crippen MR) is 107 cm³/mol. The molecule has 0 spiro atoms. The van der Waals surface area contributed by atoms with Crippen LogP contribution in [-0.2, 0) is 20.6 Å². The highest BCUT2D eigenvalue weighted by Crippen LogP contribution is 2.15. The second-order valence-electron chi connectivity index (χ2n) is 6.77. The SMILES string of the molecule is Cc1ccc(CS(=O)(=O)NCC(=O)N2CCN(c3ccccc3)CC2)cc1. The summed E-state index contributed by atoms with van der Waals surface area (Å²) in [7, 11) is -3.54. The molecule has 144 valence electrons. The van der Waals surface area contributed by atoms with Crippen molar-refractivity contribution in [2.45, 2.75) is 12.7 Å². The van der Waals surface area contributed by atoms with Crippen LogP contribution in [0.4, 0.5) is 5.69 Å². The first-order valence-corrected chi connectivity index (χ1v) is 10.7. The van der Waals surface area contributed by atoms with E-state index >= 15 is 0 Å². The van der Waals surface area contributed by atoms with Gasteiger partial charge in [-0.25, -0.2) is 13.1 Å². The zero-order valence-electron chi connectivity index (χ0n) is 15.5. The number of rotatable bonds is 6. The lowest BCUT2D eigenvalue weighted by Gasteiger charge is -2.36. The van der Waals surface area contributed by atoms with Crippen molar-refractivity contribution in [3.8, 4) is 0 Å². The van der Waals surface area contributed by atoms with Crippen molar-refractivity contribution < 1.29 is 13.2 Å². The van der Waals surface area contributed by atoms with Gasteiger partial charge in [0.05, 0.1) is 12.3 Å². The van der Waals surface area contributed by atoms with Gasteiger partial charge in [0, 0.05) is 31.9 Å². The van der Waals surface area contributed by atoms with Gasteiger partial charge in [-0.15, -0.1) is 0 Å². The third-order valence-electron chi connectivity index (χ3n) is 4.67. The molecular formula is C20H25N3O3S. The Balaban J connectivity index is 1.47. The number of anilines is 1. The highest BCUT2D eigenvalue weighted by Gasteiger charge is 2.22. The maximum absolute atomic E-state index is 12.4. The van der Waals surface area contributed by atoms with Crippen LogP contribution < -0.4 is 9.62 Å². The van der Waals surface area contributed by atoms with E-state index in [2.05, 4.69) is 21.8 Å². The third kappa shape index (κ3) is 5.55. The second kappa shape index (κ2) is 8.54. The van der Waals surface area contributed by atoms with Crippen molar-refractivity contribution in [1.82, 2.24) is 9.62 Å². The van der Waals surface area contributed by atoms with Gasteiger partial charge in [-0.05, 0) is 24.6 Å². The van der Waals surface area contributed by atoms with Crippen LogP contribution >= 0.6 is 0 Å². The Morgan fingerprint density at radius 1 is 0.963 bits per heavy atom. The quantitative estimate of drug-likeness (QED) is 0.820. The molecule has 1 saturated heterocycles. The van der Waals surface area contributed by atoms with Gasteiger partial charge in [0.1, 0.15) is 0 Å². The molecule has 0 unspecified atom stereocenters. The molecule has 1 fully saturated rings. The maximum atomic E-state index is 12.4. The van der Waals surface area contributed by atoms with E-state index in [-0.39, 0.29) is 18.2 Å². The van der Waals surface area contributed by atoms with Crippen LogP contribution in [0, 0.1) is 6.92 Å². The molecule has 1 aliphatic rings. The largest absolute Gasteiger partial charge is 0.368 e. The second-order valence-corrected chi connectivity index (χ2v) is 8.58. The van der Waals surface area contributed by atoms with Gasteiger partial charge in [-0.3, -0.25) is 4.79 Å². The molecule has 0 bridgehead atoms. The fraction of sp³-hybridized carbons (Fsp3) is 0.350. The van der Waals surface area contributed by atoms with Gasteiger partial charge >= 0.3 is 0 Å². The summed E-state index contributed by atoms with van der Waals surface area (Å²) in [6, 6.07) is 17.4. The number of para-hydroxylation sites is 1.